The molecule has 8 rings (SSSR count). The number of aryl methyl sites for hydroxylation is 6. The molecule has 21 nitrogen and oxygen atoms in total. The highest BCUT2D eigenvalue weighted by Gasteiger charge is 2.41. The first-order valence-electron chi connectivity index (χ1n) is 43.8. The van der Waals surface area contributed by atoms with Crippen LogP contribution in [0.1, 0.15) is 337 Å². The number of hydrogen-bond acceptors (Lipinski definition) is 15. The molecule has 5 heterocycles. The third-order valence-electron chi connectivity index (χ3n) is 21.0. The van der Waals surface area contributed by atoms with Gasteiger partial charge in [0, 0.05) is 41.2 Å². The molecule has 0 aliphatic carbocycles. The number of hydrogen-bond donors (Lipinski definition) is 4. The lowest BCUT2D eigenvalue weighted by molar-refractivity contribution is -0.122. The average molecular weight is 1630 g/mol. The van der Waals surface area contributed by atoms with Gasteiger partial charge in [-0.2, -0.15) is 0 Å². The average Bonchev–Trinajstić information content (AvgIpc) is 1.84. The Labute approximate surface area is 714 Å². The van der Waals surface area contributed by atoms with Crippen LogP contribution in [0.25, 0.3) is 17.5 Å². The van der Waals surface area contributed by atoms with Gasteiger partial charge in [-0.25, -0.2) is 23.4 Å². The molecule has 0 bridgehead atoms. The molecule has 0 radical (unpaired) electrons. The highest BCUT2D eigenvalue weighted by Crippen LogP contribution is 2.39. The van der Waals surface area contributed by atoms with Gasteiger partial charge in [-0.1, -0.05) is 304 Å². The van der Waals surface area contributed by atoms with Crippen LogP contribution in [0, 0.1) is 37.9 Å². The molecule has 4 N–H and O–H groups in total. The summed E-state index contributed by atoms with van der Waals surface area (Å²) in [4.78, 5) is 12.0. The van der Waals surface area contributed by atoms with Gasteiger partial charge < -0.3 is 25.6 Å². The van der Waals surface area contributed by atoms with Gasteiger partial charge in [-0.3, -0.25) is 4.79 Å². The van der Waals surface area contributed by atoms with Crippen molar-refractivity contribution in [3.8, 4) is 11.3 Å². The minimum Gasteiger partial charge on any atom is -0.387 e. The number of rotatable bonds is 31. The standard InChI is InChI=1S/C26H35N3O.C20H31N3.C18H36N4O.C17H32N4O2.C16H29N3/c1-25(2,3)19-30-18-22-15-11-10-12-20(22)16-17-29-23(21-13-8-7-9-14-21)24(27-28-29)26(4,5)6;1-19(2,3)14-10-13-17-15-21-22-23(17)18(20(4,5)6)16-11-8-7-9-12-16;1-8-18(23,16(2,3)4)14-22-15(13-20-21-22)11-9-10-12-19-17(5,6)7;1-8-17(23,15(2,3)4)12-21-13(11-18-20-21)9-10-14(22)19-16(5,6)7;1-15(2,3)10-8-7-9-14-13-17-18-19(14)12-11-16(4,5)6/h7-15H,16-19H2,1-6H3;7-9,11-12,15,18H,10,13-14H2,1-6H3;13,19,23H,8-12,14H2,1-7H3;11,23H,8-10,12H2,1-7H3,(H,19,22);11-13H,7-10H2,1-6H3/b;;;;12-11+/t;;18-;17-;/m..11./s1. The van der Waals surface area contributed by atoms with Gasteiger partial charge in [0.15, 0.2) is 0 Å². The van der Waals surface area contributed by atoms with Crippen molar-refractivity contribution in [1.29, 1.82) is 0 Å². The van der Waals surface area contributed by atoms with E-state index in [2.05, 4.69) is 323 Å². The molecule has 0 spiro atoms. The summed E-state index contributed by atoms with van der Waals surface area (Å²) in [7, 11) is 0. The first kappa shape index (κ1) is 103. The number of allylic oxidation sites excluding steroid dienone is 1. The molecule has 5 aromatic heterocycles. The van der Waals surface area contributed by atoms with Crippen molar-refractivity contribution in [3.05, 3.63) is 161 Å². The highest BCUT2D eigenvalue weighted by atomic mass is 16.5. The van der Waals surface area contributed by atoms with Crippen LogP contribution in [0.15, 0.2) is 116 Å². The van der Waals surface area contributed by atoms with Crippen LogP contribution in [0.2, 0.25) is 0 Å². The Morgan fingerprint density at radius 1 is 0.483 bits per heavy atom. The molecule has 3 aromatic carbocycles. The third-order valence-corrected chi connectivity index (χ3v) is 21.0. The lowest BCUT2D eigenvalue weighted by Gasteiger charge is -2.39. The lowest BCUT2D eigenvalue weighted by Crippen LogP contribution is -2.46. The largest absolute Gasteiger partial charge is 0.387 e. The molecular weight excluding hydrogens is 1470 g/mol. The fourth-order valence-electron chi connectivity index (χ4n) is 13.5. The molecule has 1 amide bonds. The molecule has 0 aliphatic rings. The maximum absolute atomic E-state index is 12.0. The first-order chi connectivity index (χ1) is 54.4. The van der Waals surface area contributed by atoms with Crippen molar-refractivity contribution >= 4 is 12.1 Å². The second-order valence-corrected chi connectivity index (χ2v) is 43.5. The molecule has 21 heteroatoms. The Kier molecular flexibility index (Phi) is 39.0. The maximum atomic E-state index is 12.0. The summed E-state index contributed by atoms with van der Waals surface area (Å²) in [6.07, 6.45) is 26.0. The third kappa shape index (κ3) is 37.6. The van der Waals surface area contributed by atoms with E-state index in [0.717, 1.165) is 86.6 Å². The number of benzene rings is 3. The Bertz CT molecular complexity index is 4170. The van der Waals surface area contributed by atoms with Crippen molar-refractivity contribution in [1.82, 2.24) is 85.6 Å². The molecule has 0 saturated heterocycles. The second-order valence-electron chi connectivity index (χ2n) is 43.5. The molecule has 118 heavy (non-hydrogen) atoms. The summed E-state index contributed by atoms with van der Waals surface area (Å²) >= 11 is 0. The molecule has 3 atom stereocenters. The van der Waals surface area contributed by atoms with Gasteiger partial charge in [-0.05, 0) is 186 Å². The Morgan fingerprint density at radius 3 is 1.46 bits per heavy atom. The Hall–Kier alpha value is -7.59. The lowest BCUT2D eigenvalue weighted by atomic mass is 9.74. The number of carbonyl (C=O) groups is 1. The monoisotopic (exact) mass is 1630 g/mol. The fraction of sp³-hybridized carbons (Fsp3) is 0.680. The quantitative estimate of drug-likeness (QED) is 0.0295. The minimum atomic E-state index is -0.872. The number of unbranched alkanes of at least 4 members (excludes halogenated alkanes) is 2. The number of nitrogens with one attached hydrogen (secondary N) is 2. The van der Waals surface area contributed by atoms with E-state index in [1.54, 1.807) is 10.9 Å². The number of nitrogens with zero attached hydrogens (tertiary/aromatic N) is 15. The predicted octanol–water partition coefficient (Wildman–Crippen LogP) is 21.4. The number of aliphatic hydroxyl groups is 2. The van der Waals surface area contributed by atoms with E-state index in [0.29, 0.717) is 56.2 Å². The van der Waals surface area contributed by atoms with Gasteiger partial charge in [0.2, 0.25) is 5.91 Å². The summed E-state index contributed by atoms with van der Waals surface area (Å²) in [6, 6.07) is 29.9. The van der Waals surface area contributed by atoms with Gasteiger partial charge in [0.05, 0.1) is 102 Å². The van der Waals surface area contributed by atoms with Gasteiger partial charge in [-0.15, -0.1) is 25.5 Å². The number of amides is 1. The van der Waals surface area contributed by atoms with Gasteiger partial charge in [0.25, 0.3) is 0 Å². The summed E-state index contributed by atoms with van der Waals surface area (Å²) in [6.45, 7) is 73.1. The zero-order valence-corrected chi connectivity index (χ0v) is 79.9. The van der Waals surface area contributed by atoms with Crippen molar-refractivity contribution in [2.75, 3.05) is 13.2 Å². The minimum absolute atomic E-state index is 0.00632. The SMILES string of the molecule is CC(C)(C)/C=C/n1nncc1CCCCC(C)(C)C.CC(C)(C)CCCc1cnnn1C(c1ccccc1)C(C)(C)C.CC(C)(C)COCc1ccccc1CCn1nnc(C(C)(C)C)c1-c1ccccc1.CC[C@@](O)(Cn1nncc1CCC(=O)NC(C)(C)C)C(C)(C)C.CC[C@@](O)(Cn1nncc1CCCCNC(C)(C)C)C(C)(C)C. The molecule has 660 valence electrons. The van der Waals surface area contributed by atoms with Crippen LogP contribution in [-0.4, -0.2) is 127 Å². The van der Waals surface area contributed by atoms with Crippen molar-refractivity contribution in [2.45, 2.75) is 378 Å². The summed E-state index contributed by atoms with van der Waals surface area (Å²) in [5, 5.41) is 70.5. The molecule has 0 aliphatic heterocycles. The van der Waals surface area contributed by atoms with E-state index in [9.17, 15) is 15.0 Å². The zero-order valence-electron chi connectivity index (χ0n) is 79.9. The number of carbonyl (C=O) groups excluding carboxylic acids is 1. The van der Waals surface area contributed by atoms with Crippen LogP contribution >= 0.6 is 0 Å². The summed E-state index contributed by atoms with van der Waals surface area (Å²) in [5.74, 6) is 0.00632. The van der Waals surface area contributed by atoms with Crippen LogP contribution in [0.3, 0.4) is 0 Å². The predicted molar refractivity (Wildman–Crippen MR) is 488 cm³/mol. The number of aromatic nitrogens is 15. The van der Waals surface area contributed by atoms with Crippen LogP contribution in [-0.2, 0) is 73.3 Å². The van der Waals surface area contributed by atoms with Crippen molar-refractivity contribution < 1.29 is 19.7 Å². The van der Waals surface area contributed by atoms with Gasteiger partial charge in [0.1, 0.15) is 0 Å². The van der Waals surface area contributed by atoms with E-state index >= 15 is 0 Å². The number of ether oxygens (including phenoxy) is 1. The van der Waals surface area contributed by atoms with E-state index in [1.165, 1.54) is 60.2 Å². The first-order valence-corrected chi connectivity index (χ1v) is 43.8. The van der Waals surface area contributed by atoms with E-state index in [1.807, 2.05) is 95.6 Å². The Balaban J connectivity index is 0.000000313. The van der Waals surface area contributed by atoms with Crippen LogP contribution in [0.5, 0.6) is 0 Å². The second kappa shape index (κ2) is 44.8. The normalized spacial score (nSPS) is 14.1. The summed E-state index contributed by atoms with van der Waals surface area (Å²) in [5.41, 5.74) is 10.6. The van der Waals surface area contributed by atoms with Crippen molar-refractivity contribution in [3.63, 3.8) is 0 Å². The molecule has 0 saturated carbocycles. The smallest absolute Gasteiger partial charge is 0.220 e. The fourth-order valence-corrected chi connectivity index (χ4v) is 13.5. The Morgan fingerprint density at radius 2 is 0.958 bits per heavy atom. The highest BCUT2D eigenvalue weighted by molar-refractivity contribution is 5.76. The summed E-state index contributed by atoms with van der Waals surface area (Å²) < 4.78 is 15.7. The van der Waals surface area contributed by atoms with E-state index < -0.39 is 11.2 Å². The topological polar surface area (TPSA) is 244 Å². The zero-order chi connectivity index (χ0) is 89.0. The van der Waals surface area contributed by atoms with E-state index in [-0.39, 0.29) is 55.5 Å². The maximum Gasteiger partial charge on any atom is 0.220 e. The van der Waals surface area contributed by atoms with Crippen molar-refractivity contribution in [2.24, 2.45) is 37.9 Å². The molecule has 1 unspecified atom stereocenters. The van der Waals surface area contributed by atoms with Crippen LogP contribution < -0.4 is 10.6 Å². The van der Waals surface area contributed by atoms with E-state index in [4.69, 9.17) is 4.74 Å². The molecule has 8 aromatic rings. The van der Waals surface area contributed by atoms with Gasteiger partial charge >= 0.3 is 0 Å². The molecule has 0 fully saturated rings. The molecular formula is C97H163N17O4. The van der Waals surface area contributed by atoms with Crippen LogP contribution in [0.4, 0.5) is 0 Å².